The molecule has 0 atom stereocenters. The smallest absolute Gasteiger partial charge is 0.330 e. The molecular formula is C21H36O2. The van der Waals surface area contributed by atoms with E-state index in [9.17, 15) is 4.79 Å². The maximum Gasteiger partial charge on any atom is 0.330 e. The van der Waals surface area contributed by atoms with Crippen molar-refractivity contribution in [2.45, 2.75) is 84.0 Å². The van der Waals surface area contributed by atoms with Gasteiger partial charge in [0.1, 0.15) is 0 Å². The van der Waals surface area contributed by atoms with Crippen molar-refractivity contribution in [3.63, 3.8) is 0 Å². The second-order valence-electron chi connectivity index (χ2n) is 8.02. The van der Waals surface area contributed by atoms with Gasteiger partial charge in [0.15, 0.2) is 0 Å². The summed E-state index contributed by atoms with van der Waals surface area (Å²) in [7, 11) is 0. The fourth-order valence-corrected chi connectivity index (χ4v) is 4.65. The fraction of sp³-hybridized carbons (Fsp3) is 0.857. The van der Waals surface area contributed by atoms with Crippen molar-refractivity contribution in [3.8, 4) is 0 Å². The second-order valence-corrected chi connectivity index (χ2v) is 8.02. The number of ether oxygens (including phenoxy) is 1. The summed E-state index contributed by atoms with van der Waals surface area (Å²) in [4.78, 5) is 10.9. The van der Waals surface area contributed by atoms with Crippen LogP contribution in [-0.2, 0) is 9.53 Å². The van der Waals surface area contributed by atoms with Crippen molar-refractivity contribution < 1.29 is 9.53 Å². The summed E-state index contributed by atoms with van der Waals surface area (Å²) in [5.41, 5.74) is 0. The van der Waals surface area contributed by atoms with E-state index in [1.807, 2.05) is 0 Å². The van der Waals surface area contributed by atoms with Crippen LogP contribution in [-0.4, -0.2) is 12.6 Å². The van der Waals surface area contributed by atoms with E-state index in [-0.39, 0.29) is 5.97 Å². The SMILES string of the molecule is C=CC(=O)OCCCCCC1CCC(C2CCC(C)CC2)CC1. The first-order valence-electron chi connectivity index (χ1n) is 9.98. The van der Waals surface area contributed by atoms with Gasteiger partial charge < -0.3 is 4.74 Å². The molecule has 0 radical (unpaired) electrons. The summed E-state index contributed by atoms with van der Waals surface area (Å²) in [5.74, 6) is 3.74. The first-order valence-corrected chi connectivity index (χ1v) is 9.98. The Kier molecular flexibility index (Phi) is 8.19. The second kappa shape index (κ2) is 10.2. The van der Waals surface area contributed by atoms with Gasteiger partial charge >= 0.3 is 5.97 Å². The predicted molar refractivity (Wildman–Crippen MR) is 96.2 cm³/mol. The lowest BCUT2D eigenvalue weighted by molar-refractivity contribution is -0.137. The standard InChI is InChI=1S/C21H36O2/c1-3-21(22)23-16-6-4-5-7-18-10-14-20(15-11-18)19-12-8-17(2)9-13-19/h3,17-20H,1,4-16H2,2H3. The molecule has 2 heteroatoms. The highest BCUT2D eigenvalue weighted by Gasteiger charge is 2.29. The van der Waals surface area contributed by atoms with Crippen molar-refractivity contribution in [2.24, 2.45) is 23.7 Å². The molecular weight excluding hydrogens is 284 g/mol. The lowest BCUT2D eigenvalue weighted by atomic mass is 9.69. The zero-order valence-electron chi connectivity index (χ0n) is 15.1. The van der Waals surface area contributed by atoms with Crippen LogP contribution in [0.25, 0.3) is 0 Å². The van der Waals surface area contributed by atoms with Crippen LogP contribution in [0.1, 0.15) is 84.0 Å². The summed E-state index contributed by atoms with van der Waals surface area (Å²) in [6.07, 6.45) is 17.9. The molecule has 2 aliphatic rings. The minimum Gasteiger partial charge on any atom is -0.463 e. The molecule has 0 saturated heterocycles. The quantitative estimate of drug-likeness (QED) is 0.316. The van der Waals surface area contributed by atoms with Gasteiger partial charge in [-0.2, -0.15) is 0 Å². The number of esters is 1. The van der Waals surface area contributed by atoms with E-state index in [2.05, 4.69) is 13.5 Å². The van der Waals surface area contributed by atoms with Crippen LogP contribution in [0, 0.1) is 23.7 Å². The van der Waals surface area contributed by atoms with Crippen molar-refractivity contribution in [1.29, 1.82) is 0 Å². The third kappa shape index (κ3) is 6.69. The highest BCUT2D eigenvalue weighted by atomic mass is 16.5. The number of carbonyl (C=O) groups excluding carboxylic acids is 1. The molecule has 0 aromatic carbocycles. The zero-order chi connectivity index (χ0) is 16.5. The minimum atomic E-state index is -0.291. The lowest BCUT2D eigenvalue weighted by Crippen LogP contribution is -2.25. The van der Waals surface area contributed by atoms with Crippen molar-refractivity contribution >= 4 is 5.97 Å². The van der Waals surface area contributed by atoms with E-state index in [0.717, 1.165) is 30.1 Å². The number of carbonyl (C=O) groups is 1. The van der Waals surface area contributed by atoms with Crippen LogP contribution in [0.2, 0.25) is 0 Å². The molecule has 0 N–H and O–H groups in total. The largest absolute Gasteiger partial charge is 0.463 e. The number of hydrogen-bond donors (Lipinski definition) is 0. The third-order valence-corrected chi connectivity index (χ3v) is 6.29. The Balaban J connectivity index is 1.50. The van der Waals surface area contributed by atoms with Crippen LogP contribution >= 0.6 is 0 Å². The average Bonchev–Trinajstić information content (AvgIpc) is 2.59. The molecule has 0 bridgehead atoms. The minimum absolute atomic E-state index is 0.291. The van der Waals surface area contributed by atoms with E-state index in [0.29, 0.717) is 6.61 Å². The highest BCUT2D eigenvalue weighted by molar-refractivity contribution is 5.81. The first kappa shape index (κ1) is 18.5. The maximum atomic E-state index is 10.9. The molecule has 0 aliphatic heterocycles. The van der Waals surface area contributed by atoms with Gasteiger partial charge in [-0.05, 0) is 55.8 Å². The van der Waals surface area contributed by atoms with Crippen LogP contribution in [0.3, 0.4) is 0 Å². The maximum absolute atomic E-state index is 10.9. The number of hydrogen-bond acceptors (Lipinski definition) is 2. The summed E-state index contributed by atoms with van der Waals surface area (Å²) in [5, 5.41) is 0. The first-order chi connectivity index (χ1) is 11.2. The van der Waals surface area contributed by atoms with Crippen LogP contribution in [0.4, 0.5) is 0 Å². The van der Waals surface area contributed by atoms with Crippen LogP contribution < -0.4 is 0 Å². The van der Waals surface area contributed by atoms with Crippen molar-refractivity contribution in [3.05, 3.63) is 12.7 Å². The Morgan fingerprint density at radius 3 is 2.17 bits per heavy atom. The highest BCUT2D eigenvalue weighted by Crippen LogP contribution is 2.42. The van der Waals surface area contributed by atoms with Crippen molar-refractivity contribution in [1.82, 2.24) is 0 Å². The van der Waals surface area contributed by atoms with Gasteiger partial charge in [-0.25, -0.2) is 4.79 Å². The molecule has 2 fully saturated rings. The molecule has 0 amide bonds. The summed E-state index contributed by atoms with van der Waals surface area (Å²) in [6.45, 7) is 6.38. The molecule has 2 saturated carbocycles. The molecule has 0 spiro atoms. The number of rotatable bonds is 8. The molecule has 2 rings (SSSR count). The zero-order valence-corrected chi connectivity index (χ0v) is 15.1. The van der Waals surface area contributed by atoms with Gasteiger partial charge in [-0.15, -0.1) is 0 Å². The molecule has 0 aromatic heterocycles. The van der Waals surface area contributed by atoms with E-state index in [4.69, 9.17) is 4.74 Å². The predicted octanol–water partition coefficient (Wildman–Crippen LogP) is 5.91. The van der Waals surface area contributed by atoms with Gasteiger partial charge in [0, 0.05) is 6.08 Å². The lowest BCUT2D eigenvalue weighted by Gasteiger charge is -2.37. The van der Waals surface area contributed by atoms with Gasteiger partial charge in [0.2, 0.25) is 0 Å². The monoisotopic (exact) mass is 320 g/mol. The Morgan fingerprint density at radius 1 is 0.957 bits per heavy atom. The van der Waals surface area contributed by atoms with Gasteiger partial charge in [0.25, 0.3) is 0 Å². The molecule has 0 heterocycles. The molecule has 132 valence electrons. The van der Waals surface area contributed by atoms with Crippen molar-refractivity contribution in [2.75, 3.05) is 6.61 Å². The van der Waals surface area contributed by atoms with Gasteiger partial charge in [-0.1, -0.05) is 58.4 Å². The Morgan fingerprint density at radius 2 is 1.57 bits per heavy atom. The normalized spacial score (nSPS) is 31.5. The average molecular weight is 321 g/mol. The van der Waals surface area contributed by atoms with Crippen LogP contribution in [0.15, 0.2) is 12.7 Å². The molecule has 0 unspecified atom stereocenters. The van der Waals surface area contributed by atoms with Crippen LogP contribution in [0.5, 0.6) is 0 Å². The molecule has 23 heavy (non-hydrogen) atoms. The summed E-state index contributed by atoms with van der Waals surface area (Å²) < 4.78 is 5.01. The van der Waals surface area contributed by atoms with E-state index in [1.165, 1.54) is 76.7 Å². The Bertz CT molecular complexity index is 347. The van der Waals surface area contributed by atoms with E-state index < -0.39 is 0 Å². The molecule has 0 aromatic rings. The molecule has 2 aliphatic carbocycles. The molecule has 2 nitrogen and oxygen atoms in total. The topological polar surface area (TPSA) is 26.3 Å². The van der Waals surface area contributed by atoms with E-state index in [1.54, 1.807) is 0 Å². The Labute approximate surface area is 143 Å². The third-order valence-electron chi connectivity index (χ3n) is 6.29. The Hall–Kier alpha value is -0.790. The van der Waals surface area contributed by atoms with Gasteiger partial charge in [0.05, 0.1) is 6.61 Å². The van der Waals surface area contributed by atoms with Gasteiger partial charge in [-0.3, -0.25) is 0 Å². The van der Waals surface area contributed by atoms with E-state index >= 15 is 0 Å². The summed E-state index contributed by atoms with van der Waals surface area (Å²) in [6, 6.07) is 0. The summed E-state index contributed by atoms with van der Waals surface area (Å²) >= 11 is 0. The number of unbranched alkanes of at least 4 members (excludes halogenated alkanes) is 2. The fourth-order valence-electron chi connectivity index (χ4n) is 4.65.